The van der Waals surface area contributed by atoms with E-state index in [9.17, 15) is 13.2 Å². The van der Waals surface area contributed by atoms with Gasteiger partial charge in [-0.25, -0.2) is 8.42 Å². The van der Waals surface area contributed by atoms with Crippen LogP contribution in [-0.2, 0) is 17.1 Å². The lowest BCUT2D eigenvalue weighted by atomic mass is 10.2. The molecule has 0 saturated carbocycles. The summed E-state index contributed by atoms with van der Waals surface area (Å²) in [4.78, 5) is 12.2. The summed E-state index contributed by atoms with van der Waals surface area (Å²) in [6.45, 7) is 1.78. The number of anilines is 2. The smallest absolute Gasteiger partial charge is 0.259 e. The number of carbonyl (C=O) groups is 1. The fourth-order valence-electron chi connectivity index (χ4n) is 1.79. The average Bonchev–Trinajstić information content (AvgIpc) is 2.71. The summed E-state index contributed by atoms with van der Waals surface area (Å²) >= 11 is 0. The zero-order valence-corrected chi connectivity index (χ0v) is 12.7. The van der Waals surface area contributed by atoms with Gasteiger partial charge in [-0.3, -0.25) is 14.2 Å². The molecule has 0 atom stereocenters. The van der Waals surface area contributed by atoms with Crippen LogP contribution in [0.25, 0.3) is 0 Å². The number of aromatic nitrogens is 2. The number of rotatable bonds is 4. The second-order valence-electron chi connectivity index (χ2n) is 4.64. The van der Waals surface area contributed by atoms with Crippen molar-refractivity contribution in [2.75, 3.05) is 16.3 Å². The van der Waals surface area contributed by atoms with Gasteiger partial charge in [-0.05, 0) is 19.1 Å². The molecule has 2 aromatic rings. The maximum atomic E-state index is 12.2. The highest BCUT2D eigenvalue weighted by atomic mass is 32.2. The molecule has 1 aromatic carbocycles. The molecule has 112 valence electrons. The Balaban J connectivity index is 2.28. The molecule has 0 bridgehead atoms. The number of amides is 1. The van der Waals surface area contributed by atoms with Crippen molar-refractivity contribution in [3.8, 4) is 0 Å². The van der Waals surface area contributed by atoms with Crippen LogP contribution < -0.4 is 10.0 Å². The Morgan fingerprint density at radius 1 is 1.24 bits per heavy atom. The molecule has 0 spiro atoms. The van der Waals surface area contributed by atoms with Crippen LogP contribution in [0.15, 0.2) is 30.5 Å². The van der Waals surface area contributed by atoms with E-state index in [4.69, 9.17) is 0 Å². The standard InChI is InChI=1S/C13H16N4O3S/c1-9-10(8-14-17(9)2)13(18)15-11-6-4-5-7-12(11)16-21(3,19)20/h4-8,16H,1-3H3,(H,15,18). The zero-order valence-electron chi connectivity index (χ0n) is 11.9. The lowest BCUT2D eigenvalue weighted by Gasteiger charge is -2.11. The van der Waals surface area contributed by atoms with E-state index in [1.807, 2.05) is 0 Å². The van der Waals surface area contributed by atoms with Crippen LogP contribution in [0.3, 0.4) is 0 Å². The van der Waals surface area contributed by atoms with Gasteiger partial charge < -0.3 is 5.32 Å². The minimum atomic E-state index is -3.42. The van der Waals surface area contributed by atoms with Crippen LogP contribution in [0, 0.1) is 6.92 Å². The van der Waals surface area contributed by atoms with Gasteiger partial charge in [-0.1, -0.05) is 12.1 Å². The van der Waals surface area contributed by atoms with Gasteiger partial charge in [0.05, 0.1) is 29.4 Å². The van der Waals surface area contributed by atoms with Crippen LogP contribution in [0.1, 0.15) is 16.1 Å². The van der Waals surface area contributed by atoms with Crippen molar-refractivity contribution < 1.29 is 13.2 Å². The molecule has 1 heterocycles. The summed E-state index contributed by atoms with van der Waals surface area (Å²) in [6.07, 6.45) is 2.52. The number of nitrogens with zero attached hydrogens (tertiary/aromatic N) is 2. The predicted octanol–water partition coefficient (Wildman–Crippen LogP) is 1.35. The molecule has 2 rings (SSSR count). The molecule has 0 radical (unpaired) electrons. The SMILES string of the molecule is Cc1c(C(=O)Nc2ccccc2NS(C)(=O)=O)cnn1C. The molecule has 0 aliphatic rings. The quantitative estimate of drug-likeness (QED) is 0.891. The molecule has 21 heavy (non-hydrogen) atoms. The van der Waals surface area contributed by atoms with Gasteiger partial charge in [0.25, 0.3) is 5.91 Å². The van der Waals surface area contributed by atoms with E-state index in [-0.39, 0.29) is 5.91 Å². The predicted molar refractivity (Wildman–Crippen MR) is 80.8 cm³/mol. The maximum Gasteiger partial charge on any atom is 0.259 e. The highest BCUT2D eigenvalue weighted by molar-refractivity contribution is 7.92. The van der Waals surface area contributed by atoms with Crippen molar-refractivity contribution in [3.05, 3.63) is 41.7 Å². The lowest BCUT2D eigenvalue weighted by molar-refractivity contribution is 0.102. The minimum Gasteiger partial charge on any atom is -0.320 e. The summed E-state index contributed by atoms with van der Waals surface area (Å²) in [5, 5.41) is 6.69. The normalized spacial score (nSPS) is 11.2. The molecule has 2 N–H and O–H groups in total. The lowest BCUT2D eigenvalue weighted by Crippen LogP contribution is -2.16. The molecule has 0 saturated heterocycles. The first kappa shape index (κ1) is 15.0. The monoisotopic (exact) mass is 308 g/mol. The third-order valence-electron chi connectivity index (χ3n) is 2.95. The van der Waals surface area contributed by atoms with Gasteiger partial charge in [-0.2, -0.15) is 5.10 Å². The number of para-hydroxylation sites is 2. The van der Waals surface area contributed by atoms with Crippen LogP contribution in [0.5, 0.6) is 0 Å². The molecule has 1 aromatic heterocycles. The highest BCUT2D eigenvalue weighted by Gasteiger charge is 2.15. The van der Waals surface area contributed by atoms with Gasteiger partial charge in [0.1, 0.15) is 0 Å². The van der Waals surface area contributed by atoms with Gasteiger partial charge in [0.15, 0.2) is 0 Å². The Labute approximate surface area is 123 Å². The fourth-order valence-corrected chi connectivity index (χ4v) is 2.37. The molecular weight excluding hydrogens is 292 g/mol. The number of hydrogen-bond donors (Lipinski definition) is 2. The average molecular weight is 308 g/mol. The van der Waals surface area contributed by atoms with Crippen molar-refractivity contribution in [3.63, 3.8) is 0 Å². The van der Waals surface area contributed by atoms with E-state index in [1.54, 1.807) is 42.9 Å². The third-order valence-corrected chi connectivity index (χ3v) is 3.54. The summed E-state index contributed by atoms with van der Waals surface area (Å²) in [5.74, 6) is -0.344. The van der Waals surface area contributed by atoms with E-state index < -0.39 is 10.0 Å². The summed E-state index contributed by atoms with van der Waals surface area (Å²) in [5.41, 5.74) is 1.86. The van der Waals surface area contributed by atoms with Gasteiger partial charge >= 0.3 is 0 Å². The molecule has 8 heteroatoms. The van der Waals surface area contributed by atoms with Gasteiger partial charge in [0.2, 0.25) is 10.0 Å². The van der Waals surface area contributed by atoms with E-state index in [0.717, 1.165) is 11.9 Å². The second-order valence-corrected chi connectivity index (χ2v) is 6.39. The Bertz CT molecular complexity index is 780. The van der Waals surface area contributed by atoms with E-state index in [2.05, 4.69) is 15.1 Å². The molecule has 1 amide bonds. The zero-order chi connectivity index (χ0) is 15.6. The maximum absolute atomic E-state index is 12.2. The summed E-state index contributed by atoms with van der Waals surface area (Å²) < 4.78 is 26.6. The first-order chi connectivity index (χ1) is 9.78. The van der Waals surface area contributed by atoms with Gasteiger partial charge in [-0.15, -0.1) is 0 Å². The Kier molecular flexibility index (Phi) is 3.99. The number of nitrogens with one attached hydrogen (secondary N) is 2. The fraction of sp³-hybridized carbons (Fsp3) is 0.231. The Morgan fingerprint density at radius 2 is 1.86 bits per heavy atom. The van der Waals surface area contributed by atoms with Crippen LogP contribution in [0.4, 0.5) is 11.4 Å². The molecule has 7 nitrogen and oxygen atoms in total. The van der Waals surface area contributed by atoms with Crippen molar-refractivity contribution in [2.45, 2.75) is 6.92 Å². The minimum absolute atomic E-state index is 0.315. The highest BCUT2D eigenvalue weighted by Crippen LogP contribution is 2.23. The van der Waals surface area contributed by atoms with Crippen molar-refractivity contribution >= 4 is 27.3 Å². The number of sulfonamides is 1. The van der Waals surface area contributed by atoms with E-state index in [0.29, 0.717) is 16.9 Å². The topological polar surface area (TPSA) is 93.1 Å². The van der Waals surface area contributed by atoms with E-state index >= 15 is 0 Å². The first-order valence-electron chi connectivity index (χ1n) is 6.14. The molecule has 0 fully saturated rings. The van der Waals surface area contributed by atoms with Crippen molar-refractivity contribution in [1.82, 2.24) is 9.78 Å². The summed E-state index contributed by atoms with van der Waals surface area (Å²) in [6, 6.07) is 6.58. The number of aryl methyl sites for hydroxylation is 1. The Morgan fingerprint density at radius 3 is 2.38 bits per heavy atom. The third kappa shape index (κ3) is 3.60. The van der Waals surface area contributed by atoms with E-state index in [1.165, 1.54) is 6.20 Å². The number of benzene rings is 1. The summed E-state index contributed by atoms with van der Waals surface area (Å²) in [7, 11) is -1.68. The molecular formula is C13H16N4O3S. The van der Waals surface area contributed by atoms with Crippen LogP contribution in [-0.4, -0.2) is 30.4 Å². The Hall–Kier alpha value is -2.35. The second kappa shape index (κ2) is 5.57. The number of hydrogen-bond acceptors (Lipinski definition) is 4. The molecule has 0 aliphatic carbocycles. The van der Waals surface area contributed by atoms with Gasteiger partial charge in [0, 0.05) is 12.7 Å². The van der Waals surface area contributed by atoms with Crippen LogP contribution in [0.2, 0.25) is 0 Å². The first-order valence-corrected chi connectivity index (χ1v) is 8.04. The largest absolute Gasteiger partial charge is 0.320 e. The number of carbonyl (C=O) groups excluding carboxylic acids is 1. The van der Waals surface area contributed by atoms with Crippen molar-refractivity contribution in [1.29, 1.82) is 0 Å². The van der Waals surface area contributed by atoms with Crippen LogP contribution >= 0.6 is 0 Å². The van der Waals surface area contributed by atoms with Crippen molar-refractivity contribution in [2.24, 2.45) is 7.05 Å². The molecule has 0 aliphatic heterocycles. The molecule has 0 unspecified atom stereocenters.